The molecule has 3 rings (SSSR count). The Morgan fingerprint density at radius 2 is 2.12 bits per heavy atom. The van der Waals surface area contributed by atoms with Crippen LogP contribution in [0.5, 0.6) is 0 Å². The normalized spacial score (nSPS) is 16.8. The van der Waals surface area contributed by atoms with E-state index in [4.69, 9.17) is 4.74 Å². The van der Waals surface area contributed by atoms with Crippen LogP contribution in [-0.2, 0) is 16.1 Å². The van der Waals surface area contributed by atoms with Crippen molar-refractivity contribution < 1.29 is 9.53 Å². The fourth-order valence-corrected chi connectivity index (χ4v) is 4.01. The SMILES string of the molecule is Cc1cc(C)c(NC(=O)CSc2n[nH]c(=O)n2C[C@@H]2CCCO2)c(C)c1. The number of rotatable bonds is 6. The number of aromatic amines is 1. The van der Waals surface area contributed by atoms with Gasteiger partial charge >= 0.3 is 5.69 Å². The summed E-state index contributed by atoms with van der Waals surface area (Å²) in [6.45, 7) is 7.20. The van der Waals surface area contributed by atoms with Crippen molar-refractivity contribution >= 4 is 23.4 Å². The van der Waals surface area contributed by atoms with Crippen LogP contribution >= 0.6 is 11.8 Å². The minimum Gasteiger partial charge on any atom is -0.376 e. The molecule has 0 unspecified atom stereocenters. The van der Waals surface area contributed by atoms with Gasteiger partial charge < -0.3 is 10.1 Å². The topological polar surface area (TPSA) is 89.0 Å². The third kappa shape index (κ3) is 4.37. The van der Waals surface area contributed by atoms with E-state index in [0.29, 0.717) is 11.7 Å². The number of aromatic nitrogens is 3. The number of carbonyl (C=O) groups excluding carboxylic acids is 1. The molecule has 140 valence electrons. The van der Waals surface area contributed by atoms with E-state index in [2.05, 4.69) is 15.5 Å². The highest BCUT2D eigenvalue weighted by Crippen LogP contribution is 2.23. The number of benzene rings is 1. The second kappa shape index (κ2) is 8.09. The summed E-state index contributed by atoms with van der Waals surface area (Å²) in [7, 11) is 0. The fourth-order valence-electron chi connectivity index (χ4n) is 3.25. The zero-order valence-electron chi connectivity index (χ0n) is 15.3. The van der Waals surface area contributed by atoms with E-state index in [1.54, 1.807) is 4.57 Å². The monoisotopic (exact) mass is 376 g/mol. The molecule has 2 heterocycles. The van der Waals surface area contributed by atoms with Gasteiger partial charge in [-0.05, 0) is 44.7 Å². The number of carbonyl (C=O) groups is 1. The summed E-state index contributed by atoms with van der Waals surface area (Å²) in [6.07, 6.45) is 1.99. The summed E-state index contributed by atoms with van der Waals surface area (Å²) in [6, 6.07) is 4.09. The van der Waals surface area contributed by atoms with Gasteiger partial charge in [-0.25, -0.2) is 9.89 Å². The van der Waals surface area contributed by atoms with Crippen LogP contribution in [0.2, 0.25) is 0 Å². The van der Waals surface area contributed by atoms with Gasteiger partial charge in [-0.3, -0.25) is 9.36 Å². The molecule has 1 atom stereocenters. The van der Waals surface area contributed by atoms with E-state index in [9.17, 15) is 9.59 Å². The van der Waals surface area contributed by atoms with Crippen LogP contribution in [0.1, 0.15) is 29.5 Å². The highest BCUT2D eigenvalue weighted by Gasteiger charge is 2.20. The summed E-state index contributed by atoms with van der Waals surface area (Å²) in [4.78, 5) is 24.3. The third-order valence-corrected chi connectivity index (χ3v) is 5.38. The maximum Gasteiger partial charge on any atom is 0.344 e. The predicted molar refractivity (Wildman–Crippen MR) is 102 cm³/mol. The smallest absolute Gasteiger partial charge is 0.344 e. The molecule has 2 N–H and O–H groups in total. The minimum atomic E-state index is -0.270. The molecule has 1 aromatic heterocycles. The summed E-state index contributed by atoms with van der Waals surface area (Å²) in [5, 5.41) is 9.97. The van der Waals surface area contributed by atoms with Gasteiger partial charge in [-0.1, -0.05) is 29.5 Å². The van der Waals surface area contributed by atoms with Gasteiger partial charge in [0.25, 0.3) is 0 Å². The Hall–Kier alpha value is -2.06. The molecule has 0 saturated carbocycles. The lowest BCUT2D eigenvalue weighted by molar-refractivity contribution is -0.113. The van der Waals surface area contributed by atoms with Crippen molar-refractivity contribution in [3.05, 3.63) is 39.3 Å². The largest absolute Gasteiger partial charge is 0.376 e. The van der Waals surface area contributed by atoms with Crippen molar-refractivity contribution in [1.82, 2.24) is 14.8 Å². The highest BCUT2D eigenvalue weighted by molar-refractivity contribution is 7.99. The Balaban J connectivity index is 1.62. The lowest BCUT2D eigenvalue weighted by atomic mass is 10.1. The molecular formula is C18H24N4O3S. The van der Waals surface area contributed by atoms with Crippen LogP contribution in [-0.4, -0.2) is 39.1 Å². The van der Waals surface area contributed by atoms with E-state index in [1.165, 1.54) is 17.3 Å². The van der Waals surface area contributed by atoms with E-state index in [0.717, 1.165) is 36.3 Å². The number of aryl methyl sites for hydroxylation is 3. The number of H-pyrrole nitrogens is 1. The summed E-state index contributed by atoms with van der Waals surface area (Å²) < 4.78 is 7.14. The Labute approximate surface area is 156 Å². The van der Waals surface area contributed by atoms with Crippen molar-refractivity contribution in [3.63, 3.8) is 0 Å². The fraction of sp³-hybridized carbons (Fsp3) is 0.500. The predicted octanol–water partition coefficient (Wildman–Crippen LogP) is 2.41. The Bertz CT molecular complexity index is 829. The zero-order chi connectivity index (χ0) is 18.7. The van der Waals surface area contributed by atoms with Gasteiger partial charge in [-0.15, -0.1) is 5.10 Å². The van der Waals surface area contributed by atoms with Crippen LogP contribution in [0.3, 0.4) is 0 Å². The Morgan fingerprint density at radius 1 is 1.38 bits per heavy atom. The molecule has 1 amide bonds. The quantitative estimate of drug-likeness (QED) is 0.756. The maximum absolute atomic E-state index is 12.4. The average Bonchev–Trinajstić information content (AvgIpc) is 3.21. The standard InChI is InChI=1S/C18H24N4O3S/c1-11-7-12(2)16(13(3)8-11)19-15(23)10-26-18-21-20-17(24)22(18)9-14-5-4-6-25-14/h7-8,14H,4-6,9-10H2,1-3H3,(H,19,23)(H,20,24)/t14-/m0/s1. The average molecular weight is 376 g/mol. The molecule has 0 radical (unpaired) electrons. The summed E-state index contributed by atoms with van der Waals surface area (Å²) in [5.74, 6) is 0.0620. The van der Waals surface area contributed by atoms with E-state index in [1.807, 2.05) is 32.9 Å². The van der Waals surface area contributed by atoms with E-state index >= 15 is 0 Å². The van der Waals surface area contributed by atoms with Crippen LogP contribution in [0.15, 0.2) is 22.1 Å². The molecule has 0 spiro atoms. The Kier molecular flexibility index (Phi) is 5.83. The molecule has 1 aromatic carbocycles. The number of hydrogen-bond donors (Lipinski definition) is 2. The van der Waals surface area contributed by atoms with Gasteiger partial charge in [0.2, 0.25) is 5.91 Å². The van der Waals surface area contributed by atoms with Gasteiger partial charge in [0.1, 0.15) is 0 Å². The van der Waals surface area contributed by atoms with Crippen molar-refractivity contribution in [1.29, 1.82) is 0 Å². The molecule has 2 aromatic rings. The number of thioether (sulfide) groups is 1. The molecule has 1 aliphatic heterocycles. The van der Waals surface area contributed by atoms with Crippen LogP contribution in [0.25, 0.3) is 0 Å². The molecule has 1 aliphatic rings. The Morgan fingerprint density at radius 3 is 2.77 bits per heavy atom. The molecule has 7 nitrogen and oxygen atoms in total. The number of amides is 1. The van der Waals surface area contributed by atoms with Crippen molar-refractivity contribution in [2.45, 2.75) is 51.4 Å². The van der Waals surface area contributed by atoms with Gasteiger partial charge in [-0.2, -0.15) is 0 Å². The molecule has 0 bridgehead atoms. The molecular weight excluding hydrogens is 352 g/mol. The van der Waals surface area contributed by atoms with E-state index < -0.39 is 0 Å². The lowest BCUT2D eigenvalue weighted by Crippen LogP contribution is -2.25. The third-order valence-electron chi connectivity index (χ3n) is 4.41. The zero-order valence-corrected chi connectivity index (χ0v) is 16.1. The summed E-state index contributed by atoms with van der Waals surface area (Å²) >= 11 is 1.25. The molecule has 1 fully saturated rings. The second-order valence-corrected chi connectivity index (χ2v) is 7.61. The van der Waals surface area contributed by atoms with Crippen molar-refractivity contribution in [3.8, 4) is 0 Å². The first kappa shape index (κ1) is 18.7. The first-order chi connectivity index (χ1) is 12.4. The van der Waals surface area contributed by atoms with Gasteiger partial charge in [0, 0.05) is 12.3 Å². The first-order valence-corrected chi connectivity index (χ1v) is 9.70. The minimum absolute atomic E-state index is 0.0383. The maximum atomic E-state index is 12.4. The number of hydrogen-bond acceptors (Lipinski definition) is 5. The van der Waals surface area contributed by atoms with Crippen LogP contribution < -0.4 is 11.0 Å². The van der Waals surface area contributed by atoms with Crippen molar-refractivity contribution in [2.24, 2.45) is 0 Å². The molecule has 8 heteroatoms. The molecule has 1 saturated heterocycles. The lowest BCUT2D eigenvalue weighted by Gasteiger charge is -2.13. The number of nitrogens with zero attached hydrogens (tertiary/aromatic N) is 2. The molecule has 0 aliphatic carbocycles. The molecule has 26 heavy (non-hydrogen) atoms. The summed E-state index contributed by atoms with van der Waals surface area (Å²) in [5.41, 5.74) is 3.82. The van der Waals surface area contributed by atoms with Crippen LogP contribution in [0.4, 0.5) is 5.69 Å². The van der Waals surface area contributed by atoms with Gasteiger partial charge in [0.15, 0.2) is 5.16 Å². The van der Waals surface area contributed by atoms with Gasteiger partial charge in [0.05, 0.1) is 18.4 Å². The number of ether oxygens (including phenoxy) is 1. The van der Waals surface area contributed by atoms with Crippen LogP contribution in [0, 0.1) is 20.8 Å². The number of nitrogens with one attached hydrogen (secondary N) is 2. The first-order valence-electron chi connectivity index (χ1n) is 8.71. The van der Waals surface area contributed by atoms with Crippen molar-refractivity contribution in [2.75, 3.05) is 17.7 Å². The highest BCUT2D eigenvalue weighted by atomic mass is 32.2. The second-order valence-electron chi connectivity index (χ2n) is 6.67. The van der Waals surface area contributed by atoms with E-state index in [-0.39, 0.29) is 23.5 Å². The number of anilines is 1.